The molecule has 2 rings (SSSR count). The predicted octanol–water partition coefficient (Wildman–Crippen LogP) is 3.90. The van der Waals surface area contributed by atoms with Gasteiger partial charge in [0, 0.05) is 34.4 Å². The summed E-state index contributed by atoms with van der Waals surface area (Å²) < 4.78 is 1.12. The van der Waals surface area contributed by atoms with E-state index in [-0.39, 0.29) is 12.0 Å². The first-order chi connectivity index (χ1) is 11.2. The minimum Gasteiger partial charge on any atom is -0.396 e. The normalized spacial score (nSPS) is 18.0. The third-order valence-corrected chi connectivity index (χ3v) is 6.23. The van der Waals surface area contributed by atoms with Crippen LogP contribution in [0.4, 0.5) is 0 Å². The highest BCUT2D eigenvalue weighted by Gasteiger charge is 2.31. The van der Waals surface area contributed by atoms with E-state index in [4.69, 9.17) is 4.99 Å². The van der Waals surface area contributed by atoms with Crippen molar-refractivity contribution in [1.29, 1.82) is 0 Å². The van der Waals surface area contributed by atoms with E-state index in [1.165, 1.54) is 37.0 Å². The number of hydrogen-bond acceptors (Lipinski definition) is 3. The number of nitrogens with zero attached hydrogens (tertiary/aromatic N) is 1. The van der Waals surface area contributed by atoms with Crippen molar-refractivity contribution in [3.8, 4) is 0 Å². The van der Waals surface area contributed by atoms with E-state index in [1.54, 1.807) is 11.3 Å². The number of thiophene rings is 1. The topological polar surface area (TPSA) is 56.7 Å². The first-order valence-electron chi connectivity index (χ1n) is 8.53. The van der Waals surface area contributed by atoms with Crippen molar-refractivity contribution >= 4 is 33.2 Å². The number of aliphatic hydroxyl groups excluding tert-OH is 1. The van der Waals surface area contributed by atoms with Gasteiger partial charge in [-0.25, -0.2) is 4.99 Å². The van der Waals surface area contributed by atoms with Gasteiger partial charge < -0.3 is 15.7 Å². The summed E-state index contributed by atoms with van der Waals surface area (Å²) in [7, 11) is 0. The lowest BCUT2D eigenvalue weighted by Crippen LogP contribution is -2.44. The van der Waals surface area contributed by atoms with Gasteiger partial charge >= 0.3 is 0 Å². The van der Waals surface area contributed by atoms with Crippen LogP contribution in [0.2, 0.25) is 0 Å². The summed E-state index contributed by atoms with van der Waals surface area (Å²) in [5, 5.41) is 18.4. The molecule has 1 saturated carbocycles. The van der Waals surface area contributed by atoms with E-state index in [2.05, 4.69) is 44.9 Å². The summed E-state index contributed by atoms with van der Waals surface area (Å²) in [5.74, 6) is 0.875. The third-order valence-electron chi connectivity index (χ3n) is 4.55. The Bertz CT molecular complexity index is 492. The van der Waals surface area contributed by atoms with Gasteiger partial charge in [-0.1, -0.05) is 19.3 Å². The van der Waals surface area contributed by atoms with Crippen molar-refractivity contribution in [1.82, 2.24) is 10.6 Å². The largest absolute Gasteiger partial charge is 0.396 e. The highest BCUT2D eigenvalue weighted by atomic mass is 79.9. The average Bonchev–Trinajstić information content (AvgIpc) is 2.97. The van der Waals surface area contributed by atoms with E-state index in [1.807, 2.05) is 0 Å². The van der Waals surface area contributed by atoms with Crippen LogP contribution in [0.5, 0.6) is 0 Å². The van der Waals surface area contributed by atoms with Crippen molar-refractivity contribution in [2.24, 2.45) is 10.4 Å². The molecule has 0 aromatic carbocycles. The van der Waals surface area contributed by atoms with Crippen molar-refractivity contribution in [2.45, 2.75) is 52.0 Å². The standard InChI is InChI=1S/C17H28BrN3OS/c1-2-19-16(20-11-15-10-14(18)12-23-15)21-13-17(8-9-22)6-4-3-5-7-17/h10,12,22H,2-9,11,13H2,1H3,(H2,19,20,21). The first-order valence-corrected chi connectivity index (χ1v) is 10.2. The molecule has 0 aliphatic heterocycles. The second-order valence-electron chi connectivity index (χ2n) is 6.31. The molecule has 3 N–H and O–H groups in total. The van der Waals surface area contributed by atoms with Gasteiger partial charge in [0.1, 0.15) is 0 Å². The van der Waals surface area contributed by atoms with E-state index in [0.29, 0.717) is 6.54 Å². The molecule has 0 radical (unpaired) electrons. The lowest BCUT2D eigenvalue weighted by molar-refractivity contribution is 0.131. The highest BCUT2D eigenvalue weighted by molar-refractivity contribution is 9.10. The number of aliphatic hydroxyl groups is 1. The number of aliphatic imine (C=N–C) groups is 1. The van der Waals surface area contributed by atoms with Crippen LogP contribution >= 0.6 is 27.3 Å². The minimum absolute atomic E-state index is 0.231. The highest BCUT2D eigenvalue weighted by Crippen LogP contribution is 2.38. The van der Waals surface area contributed by atoms with Gasteiger partial charge in [0.2, 0.25) is 0 Å². The molecular weight excluding hydrogens is 374 g/mol. The van der Waals surface area contributed by atoms with Crippen LogP contribution in [-0.2, 0) is 6.54 Å². The van der Waals surface area contributed by atoms with Gasteiger partial charge in [-0.3, -0.25) is 0 Å². The SMILES string of the molecule is CCNC(=NCc1cc(Br)cs1)NCC1(CCO)CCCCC1. The lowest BCUT2D eigenvalue weighted by atomic mass is 9.72. The molecule has 1 heterocycles. The second kappa shape index (κ2) is 9.64. The fourth-order valence-electron chi connectivity index (χ4n) is 3.26. The Labute approximate surface area is 151 Å². The zero-order valence-corrected chi connectivity index (χ0v) is 16.3. The fourth-order valence-corrected chi connectivity index (χ4v) is 4.64. The van der Waals surface area contributed by atoms with E-state index >= 15 is 0 Å². The number of halogens is 1. The van der Waals surface area contributed by atoms with Crippen LogP contribution in [0.25, 0.3) is 0 Å². The van der Waals surface area contributed by atoms with Gasteiger partial charge in [0.25, 0.3) is 0 Å². The van der Waals surface area contributed by atoms with E-state index in [0.717, 1.165) is 29.9 Å². The molecule has 130 valence electrons. The summed E-state index contributed by atoms with van der Waals surface area (Å²) in [5.41, 5.74) is 0.231. The van der Waals surface area contributed by atoms with Gasteiger partial charge in [-0.05, 0) is 53.6 Å². The van der Waals surface area contributed by atoms with Gasteiger partial charge in [-0.2, -0.15) is 0 Å². The van der Waals surface area contributed by atoms with Crippen LogP contribution < -0.4 is 10.6 Å². The molecule has 1 aliphatic carbocycles. The van der Waals surface area contributed by atoms with Crippen LogP contribution in [-0.4, -0.2) is 30.8 Å². The summed E-state index contributed by atoms with van der Waals surface area (Å²) in [6, 6.07) is 2.12. The lowest BCUT2D eigenvalue weighted by Gasteiger charge is -2.37. The molecule has 4 nitrogen and oxygen atoms in total. The monoisotopic (exact) mass is 401 g/mol. The molecule has 0 unspecified atom stereocenters. The Hall–Kier alpha value is -0.590. The van der Waals surface area contributed by atoms with Crippen LogP contribution in [0.15, 0.2) is 20.9 Å². The number of rotatable bonds is 7. The molecule has 0 saturated heterocycles. The van der Waals surface area contributed by atoms with E-state index < -0.39 is 0 Å². The van der Waals surface area contributed by atoms with Crippen LogP contribution in [0, 0.1) is 5.41 Å². The van der Waals surface area contributed by atoms with Gasteiger partial charge in [0.05, 0.1) is 6.54 Å². The maximum absolute atomic E-state index is 9.43. The zero-order valence-electron chi connectivity index (χ0n) is 13.9. The molecule has 0 amide bonds. The molecule has 6 heteroatoms. The van der Waals surface area contributed by atoms with Crippen LogP contribution in [0.1, 0.15) is 50.3 Å². The predicted molar refractivity (Wildman–Crippen MR) is 102 cm³/mol. The smallest absolute Gasteiger partial charge is 0.191 e. The van der Waals surface area contributed by atoms with Gasteiger partial charge in [-0.15, -0.1) is 11.3 Å². The quantitative estimate of drug-likeness (QED) is 0.479. The number of guanidine groups is 1. The molecule has 0 bridgehead atoms. The van der Waals surface area contributed by atoms with Crippen molar-refractivity contribution in [3.05, 3.63) is 20.8 Å². The first kappa shape index (κ1) is 18.7. The molecular formula is C17H28BrN3OS. The van der Waals surface area contributed by atoms with E-state index in [9.17, 15) is 5.11 Å². The molecule has 1 aliphatic rings. The Kier molecular flexibility index (Phi) is 7.86. The Morgan fingerprint density at radius 1 is 1.35 bits per heavy atom. The summed E-state index contributed by atoms with van der Waals surface area (Å²) in [6.07, 6.45) is 7.18. The van der Waals surface area contributed by atoms with Crippen molar-refractivity contribution in [2.75, 3.05) is 19.7 Å². The third kappa shape index (κ3) is 6.08. The average molecular weight is 402 g/mol. The maximum atomic E-state index is 9.43. The molecule has 1 aromatic heterocycles. The van der Waals surface area contributed by atoms with Crippen molar-refractivity contribution in [3.63, 3.8) is 0 Å². The molecule has 23 heavy (non-hydrogen) atoms. The maximum Gasteiger partial charge on any atom is 0.191 e. The number of nitrogens with one attached hydrogen (secondary N) is 2. The summed E-state index contributed by atoms with van der Waals surface area (Å²) >= 11 is 5.20. The molecule has 0 atom stereocenters. The Morgan fingerprint density at radius 3 is 2.74 bits per heavy atom. The second-order valence-corrected chi connectivity index (χ2v) is 8.23. The minimum atomic E-state index is 0.231. The van der Waals surface area contributed by atoms with Crippen molar-refractivity contribution < 1.29 is 5.11 Å². The molecule has 1 fully saturated rings. The fraction of sp³-hybridized carbons (Fsp3) is 0.706. The summed E-state index contributed by atoms with van der Waals surface area (Å²) in [6.45, 7) is 4.81. The Morgan fingerprint density at radius 2 is 2.13 bits per heavy atom. The molecule has 1 aromatic rings. The molecule has 0 spiro atoms. The Balaban J connectivity index is 1.94. The zero-order chi connectivity index (χ0) is 16.5. The van der Waals surface area contributed by atoms with Crippen LogP contribution in [0.3, 0.4) is 0 Å². The number of hydrogen-bond donors (Lipinski definition) is 3. The van der Waals surface area contributed by atoms with Gasteiger partial charge in [0.15, 0.2) is 5.96 Å². The summed E-state index contributed by atoms with van der Waals surface area (Å²) in [4.78, 5) is 5.94.